The molecule has 6 heteroatoms. The Morgan fingerprint density at radius 2 is 2.30 bits per heavy atom. The summed E-state index contributed by atoms with van der Waals surface area (Å²) >= 11 is 6.18. The Morgan fingerprint density at radius 3 is 2.95 bits per heavy atom. The molecule has 108 valence electrons. The quantitative estimate of drug-likeness (QED) is 0.656. The Labute approximate surface area is 122 Å². The molecule has 1 heterocycles. The topological polar surface area (TPSA) is 70.1 Å². The number of ether oxygens (including phenoxy) is 1. The molecule has 1 aromatic heterocycles. The van der Waals surface area contributed by atoms with Crippen molar-refractivity contribution in [1.29, 1.82) is 0 Å². The first-order valence-electron chi connectivity index (χ1n) is 6.46. The number of nitrogens with zero attached hydrogens (tertiary/aromatic N) is 2. The van der Waals surface area contributed by atoms with Crippen molar-refractivity contribution in [2.24, 2.45) is 5.73 Å². The fourth-order valence-corrected chi connectivity index (χ4v) is 2.29. The summed E-state index contributed by atoms with van der Waals surface area (Å²) in [6.45, 7) is 4.81. The first kappa shape index (κ1) is 14.8. The van der Waals surface area contributed by atoms with E-state index in [4.69, 9.17) is 22.1 Å². The van der Waals surface area contributed by atoms with Crippen LogP contribution in [0.4, 0.5) is 0 Å². The first-order chi connectivity index (χ1) is 9.49. The lowest BCUT2D eigenvalue weighted by atomic mass is 10.2. The third-order valence-corrected chi connectivity index (χ3v) is 3.19. The number of primary amides is 1. The van der Waals surface area contributed by atoms with Crippen LogP contribution in [0.1, 0.15) is 23.7 Å². The average Bonchev–Trinajstić information content (AvgIpc) is 2.72. The van der Waals surface area contributed by atoms with Crippen molar-refractivity contribution in [3.63, 3.8) is 0 Å². The van der Waals surface area contributed by atoms with Gasteiger partial charge in [0.25, 0.3) is 0 Å². The number of benzene rings is 1. The molecule has 0 aliphatic rings. The highest BCUT2D eigenvalue weighted by Gasteiger charge is 2.14. The van der Waals surface area contributed by atoms with E-state index in [1.807, 2.05) is 36.6 Å². The van der Waals surface area contributed by atoms with Crippen molar-refractivity contribution in [2.45, 2.75) is 25.8 Å². The molecule has 0 aliphatic carbocycles. The highest BCUT2D eigenvalue weighted by Crippen LogP contribution is 2.25. The van der Waals surface area contributed by atoms with Crippen LogP contribution in [0, 0.1) is 6.92 Å². The largest absolute Gasteiger partial charge is 0.370 e. The van der Waals surface area contributed by atoms with Gasteiger partial charge in [-0.3, -0.25) is 4.79 Å². The number of halogens is 1. The number of alkyl halides is 1. The molecule has 0 radical (unpaired) electrons. The third-order valence-electron chi connectivity index (χ3n) is 2.99. The maximum absolute atomic E-state index is 10.6. The van der Waals surface area contributed by atoms with E-state index in [1.165, 1.54) is 0 Å². The predicted octanol–water partition coefficient (Wildman–Crippen LogP) is 2.15. The van der Waals surface area contributed by atoms with Gasteiger partial charge in [0.1, 0.15) is 12.4 Å². The number of nitrogens with two attached hydrogens (primary N) is 1. The van der Waals surface area contributed by atoms with Crippen LogP contribution in [0.5, 0.6) is 0 Å². The van der Waals surface area contributed by atoms with E-state index in [2.05, 4.69) is 4.98 Å². The Hall–Kier alpha value is -1.59. The Bertz CT molecular complexity index is 622. The van der Waals surface area contributed by atoms with Crippen LogP contribution in [0.2, 0.25) is 0 Å². The molecule has 2 rings (SSSR count). The number of hydrogen-bond donors (Lipinski definition) is 1. The van der Waals surface area contributed by atoms with Gasteiger partial charge in [0.15, 0.2) is 0 Å². The highest BCUT2D eigenvalue weighted by atomic mass is 35.5. The maximum Gasteiger partial charge on any atom is 0.243 e. The second-order valence-corrected chi connectivity index (χ2v) is 5.40. The molecule has 0 saturated heterocycles. The van der Waals surface area contributed by atoms with Crippen LogP contribution >= 0.6 is 11.6 Å². The van der Waals surface area contributed by atoms with Crippen molar-refractivity contribution in [3.05, 3.63) is 29.6 Å². The number of aryl methyl sites for hydroxylation is 1. The zero-order valence-electron chi connectivity index (χ0n) is 11.6. The molecule has 20 heavy (non-hydrogen) atoms. The standard InChI is InChI=1S/C14H18ClN3O2/c1-9-3-4-12-11(7-9)17-14(10(2)15)18(12)5-6-20-8-13(16)19/h3-4,7,10H,5-6,8H2,1-2H3,(H2,16,19). The number of amides is 1. The summed E-state index contributed by atoms with van der Waals surface area (Å²) in [5.74, 6) is 0.331. The molecule has 2 N–H and O–H groups in total. The zero-order valence-corrected chi connectivity index (χ0v) is 12.4. The third kappa shape index (κ3) is 3.29. The smallest absolute Gasteiger partial charge is 0.243 e. The number of rotatable bonds is 6. The number of hydrogen-bond acceptors (Lipinski definition) is 3. The minimum Gasteiger partial charge on any atom is -0.370 e. The molecule has 0 aliphatic heterocycles. The van der Waals surface area contributed by atoms with Crippen molar-refractivity contribution >= 4 is 28.5 Å². The summed E-state index contributed by atoms with van der Waals surface area (Å²) in [5.41, 5.74) is 8.12. The van der Waals surface area contributed by atoms with E-state index in [1.54, 1.807) is 0 Å². The van der Waals surface area contributed by atoms with Gasteiger partial charge >= 0.3 is 0 Å². The molecule has 1 unspecified atom stereocenters. The van der Waals surface area contributed by atoms with Crippen LogP contribution in [-0.2, 0) is 16.1 Å². The highest BCUT2D eigenvalue weighted by molar-refractivity contribution is 6.20. The van der Waals surface area contributed by atoms with E-state index < -0.39 is 5.91 Å². The summed E-state index contributed by atoms with van der Waals surface area (Å²) in [4.78, 5) is 15.2. The van der Waals surface area contributed by atoms with E-state index >= 15 is 0 Å². The minimum atomic E-state index is -0.470. The average molecular weight is 296 g/mol. The predicted molar refractivity (Wildman–Crippen MR) is 78.8 cm³/mol. The van der Waals surface area contributed by atoms with Crippen molar-refractivity contribution in [1.82, 2.24) is 9.55 Å². The van der Waals surface area contributed by atoms with Crippen molar-refractivity contribution < 1.29 is 9.53 Å². The molecule has 0 saturated carbocycles. The van der Waals surface area contributed by atoms with Crippen molar-refractivity contribution in [2.75, 3.05) is 13.2 Å². The van der Waals surface area contributed by atoms with Gasteiger partial charge in [0, 0.05) is 6.54 Å². The van der Waals surface area contributed by atoms with E-state index in [0.29, 0.717) is 13.2 Å². The van der Waals surface area contributed by atoms with Gasteiger partial charge < -0.3 is 15.0 Å². The molecule has 2 aromatic rings. The van der Waals surface area contributed by atoms with Gasteiger partial charge in [-0.25, -0.2) is 4.98 Å². The minimum absolute atomic E-state index is 0.0719. The summed E-state index contributed by atoms with van der Waals surface area (Å²) in [7, 11) is 0. The number of imidazole rings is 1. The van der Waals surface area contributed by atoms with Gasteiger partial charge in [-0.2, -0.15) is 0 Å². The molecule has 5 nitrogen and oxygen atoms in total. The van der Waals surface area contributed by atoms with Gasteiger partial charge in [-0.1, -0.05) is 6.07 Å². The number of carbonyl (C=O) groups is 1. The molecule has 0 spiro atoms. The van der Waals surface area contributed by atoms with Gasteiger partial charge in [-0.15, -0.1) is 11.6 Å². The van der Waals surface area contributed by atoms with Gasteiger partial charge in [-0.05, 0) is 31.5 Å². The monoisotopic (exact) mass is 295 g/mol. The first-order valence-corrected chi connectivity index (χ1v) is 6.89. The molecule has 0 fully saturated rings. The van der Waals surface area contributed by atoms with Crippen LogP contribution in [0.25, 0.3) is 11.0 Å². The van der Waals surface area contributed by atoms with Crippen LogP contribution < -0.4 is 5.73 Å². The number of carbonyl (C=O) groups excluding carboxylic acids is 1. The Balaban J connectivity index is 2.24. The lowest BCUT2D eigenvalue weighted by molar-refractivity contribution is -0.122. The Morgan fingerprint density at radius 1 is 1.55 bits per heavy atom. The van der Waals surface area contributed by atoms with E-state index in [-0.39, 0.29) is 12.0 Å². The SMILES string of the molecule is Cc1ccc2c(c1)nc(C(C)Cl)n2CCOCC(N)=O. The lowest BCUT2D eigenvalue weighted by Crippen LogP contribution is -2.20. The van der Waals surface area contributed by atoms with Gasteiger partial charge in [0.2, 0.25) is 5.91 Å². The van der Waals surface area contributed by atoms with Crippen LogP contribution in [0.3, 0.4) is 0 Å². The number of aromatic nitrogens is 2. The molecular weight excluding hydrogens is 278 g/mol. The Kier molecular flexibility index (Phi) is 4.62. The molecule has 1 atom stereocenters. The molecular formula is C14H18ClN3O2. The van der Waals surface area contributed by atoms with Crippen LogP contribution in [-0.4, -0.2) is 28.7 Å². The summed E-state index contributed by atoms with van der Waals surface area (Å²) in [5, 5.41) is -0.196. The fourth-order valence-electron chi connectivity index (χ4n) is 2.13. The molecule has 1 aromatic carbocycles. The fraction of sp³-hybridized carbons (Fsp3) is 0.429. The van der Waals surface area contributed by atoms with Gasteiger partial charge in [0.05, 0.1) is 23.0 Å². The lowest BCUT2D eigenvalue weighted by Gasteiger charge is -2.10. The maximum atomic E-state index is 10.6. The molecule has 0 bridgehead atoms. The summed E-state index contributed by atoms with van der Waals surface area (Å²) < 4.78 is 7.23. The summed E-state index contributed by atoms with van der Waals surface area (Å²) in [6.07, 6.45) is 0. The number of fused-ring (bicyclic) bond motifs is 1. The normalized spacial score (nSPS) is 12.8. The second kappa shape index (κ2) is 6.24. The second-order valence-electron chi connectivity index (χ2n) is 4.75. The zero-order chi connectivity index (χ0) is 14.7. The summed E-state index contributed by atoms with van der Waals surface area (Å²) in [6, 6.07) is 6.08. The van der Waals surface area contributed by atoms with E-state index in [0.717, 1.165) is 22.4 Å². The molecule has 1 amide bonds. The van der Waals surface area contributed by atoms with E-state index in [9.17, 15) is 4.79 Å². The van der Waals surface area contributed by atoms with Crippen molar-refractivity contribution in [3.8, 4) is 0 Å². The van der Waals surface area contributed by atoms with Crippen LogP contribution in [0.15, 0.2) is 18.2 Å².